The van der Waals surface area contributed by atoms with Crippen molar-refractivity contribution in [1.82, 2.24) is 0 Å². The van der Waals surface area contributed by atoms with Gasteiger partial charge in [-0.15, -0.1) is 6.42 Å². The molecule has 0 bridgehead atoms. The topological polar surface area (TPSA) is 0 Å². The Bertz CT molecular complexity index is 940. The Morgan fingerprint density at radius 2 is 1.65 bits per heavy atom. The molecule has 1 aliphatic rings. The van der Waals surface area contributed by atoms with Gasteiger partial charge in [0.15, 0.2) is 0 Å². The molecule has 0 radical (unpaired) electrons. The second kappa shape index (κ2) is 18.6. The van der Waals surface area contributed by atoms with Crippen molar-refractivity contribution >= 4 is 5.57 Å². The molecule has 0 saturated carbocycles. The summed E-state index contributed by atoms with van der Waals surface area (Å²) >= 11 is 0. The van der Waals surface area contributed by atoms with Gasteiger partial charge in [-0.3, -0.25) is 0 Å². The Morgan fingerprint density at radius 3 is 2.15 bits per heavy atom. The second-order valence-corrected chi connectivity index (χ2v) is 8.38. The van der Waals surface area contributed by atoms with Crippen LogP contribution in [0.5, 0.6) is 0 Å². The lowest BCUT2D eigenvalue weighted by atomic mass is 9.86. The first-order chi connectivity index (χ1) is 15.4. The van der Waals surface area contributed by atoms with Crippen molar-refractivity contribution in [3.05, 3.63) is 100 Å². The van der Waals surface area contributed by atoms with Gasteiger partial charge in [-0.2, -0.15) is 0 Å². The minimum Gasteiger partial charge on any atom is -0.115 e. The van der Waals surface area contributed by atoms with Crippen molar-refractivity contribution in [2.75, 3.05) is 0 Å². The van der Waals surface area contributed by atoms with Gasteiger partial charge >= 0.3 is 0 Å². The highest BCUT2D eigenvalue weighted by Gasteiger charge is 2.19. The van der Waals surface area contributed by atoms with Crippen LogP contribution < -0.4 is 0 Å². The molecule has 0 spiro atoms. The summed E-state index contributed by atoms with van der Waals surface area (Å²) in [7, 11) is 0. The monoisotopic (exact) mass is 458 g/mol. The minimum absolute atomic E-state index is 0. The van der Waals surface area contributed by atoms with Crippen molar-refractivity contribution in [1.29, 1.82) is 0 Å². The molecule has 2 rings (SSSR count). The van der Waals surface area contributed by atoms with Gasteiger partial charge in [-0.05, 0) is 87.3 Å². The van der Waals surface area contributed by atoms with Crippen molar-refractivity contribution in [2.45, 2.75) is 94.9 Å². The summed E-state index contributed by atoms with van der Waals surface area (Å²) < 4.78 is 0. The van der Waals surface area contributed by atoms with Gasteiger partial charge in [0.25, 0.3) is 0 Å². The average molecular weight is 459 g/mol. The number of allylic oxidation sites excluding steroid dienone is 11. The van der Waals surface area contributed by atoms with Crippen LogP contribution in [-0.2, 0) is 6.42 Å². The van der Waals surface area contributed by atoms with Crippen LogP contribution in [0.3, 0.4) is 0 Å². The molecular formula is C34H50. The summed E-state index contributed by atoms with van der Waals surface area (Å²) in [6.45, 7) is 16.7. The van der Waals surface area contributed by atoms with Crippen LogP contribution in [0.4, 0.5) is 0 Å². The Kier molecular flexibility index (Phi) is 18.3. The molecule has 0 fully saturated rings. The molecule has 0 nitrogen and oxygen atoms in total. The Labute approximate surface area is 213 Å². The van der Waals surface area contributed by atoms with Gasteiger partial charge in [0.05, 0.1) is 0 Å². The third-order valence-corrected chi connectivity index (χ3v) is 5.65. The van der Waals surface area contributed by atoms with Crippen LogP contribution in [0.25, 0.3) is 5.57 Å². The summed E-state index contributed by atoms with van der Waals surface area (Å²) in [5, 5.41) is 0. The molecule has 186 valence electrons. The highest BCUT2D eigenvalue weighted by atomic mass is 14.2. The zero-order valence-electron chi connectivity index (χ0n) is 21.2. The molecule has 0 atom stereocenters. The Hall–Kier alpha value is -2.78. The summed E-state index contributed by atoms with van der Waals surface area (Å²) in [5.74, 6) is 2.46. The van der Waals surface area contributed by atoms with Crippen LogP contribution in [0, 0.1) is 12.3 Å². The quantitative estimate of drug-likeness (QED) is 0.281. The molecular weight excluding hydrogens is 408 g/mol. The highest BCUT2D eigenvalue weighted by Crippen LogP contribution is 2.39. The van der Waals surface area contributed by atoms with Crippen LogP contribution in [0.1, 0.15) is 99.6 Å². The van der Waals surface area contributed by atoms with E-state index in [-0.39, 0.29) is 14.9 Å². The van der Waals surface area contributed by atoms with Gasteiger partial charge in [0.1, 0.15) is 0 Å². The van der Waals surface area contributed by atoms with E-state index in [1.807, 2.05) is 26.0 Å². The molecule has 1 aliphatic carbocycles. The average Bonchev–Trinajstić information content (AvgIpc) is 2.91. The third kappa shape index (κ3) is 10.0. The smallest absolute Gasteiger partial charge is 0.00466 e. The fraction of sp³-hybridized carbons (Fsp3) is 0.412. The largest absolute Gasteiger partial charge is 0.115 e. The van der Waals surface area contributed by atoms with Crippen molar-refractivity contribution in [3.8, 4) is 12.3 Å². The molecule has 0 heterocycles. The predicted octanol–water partition coefficient (Wildman–Crippen LogP) is 10.8. The number of benzene rings is 1. The van der Waals surface area contributed by atoms with Gasteiger partial charge < -0.3 is 0 Å². The molecule has 0 heteroatoms. The number of aryl methyl sites for hydroxylation is 1. The van der Waals surface area contributed by atoms with Gasteiger partial charge in [-0.1, -0.05) is 119 Å². The molecule has 1 aromatic carbocycles. The summed E-state index contributed by atoms with van der Waals surface area (Å²) in [5.41, 5.74) is 11.2. The molecule has 1 aromatic rings. The highest BCUT2D eigenvalue weighted by molar-refractivity contribution is 5.87. The molecule has 0 amide bonds. The van der Waals surface area contributed by atoms with Crippen LogP contribution in [0.2, 0.25) is 0 Å². The van der Waals surface area contributed by atoms with E-state index >= 15 is 0 Å². The molecule has 0 aromatic heterocycles. The number of fused-ring (bicyclic) bond motifs is 1. The van der Waals surface area contributed by atoms with Crippen molar-refractivity contribution < 1.29 is 0 Å². The standard InChI is InChI=1S/C22H30.C10H12.2CH4/c1-5-10-19(11-6-2)22-20(12-7-3)17(4)15-16-18-13-8-9-14-21(18)22;1-5-7-10(8-6-2)9(3)4;;/h7-9,12-14H,5-6,10-11,15-16H2,1-4H3;1,6-8H,3H2,2,4H3;2*1H4/b12-7-;8-6-,10-7+;;. The summed E-state index contributed by atoms with van der Waals surface area (Å²) in [6.07, 6.45) is 22.4. The van der Waals surface area contributed by atoms with E-state index in [4.69, 9.17) is 6.42 Å². The van der Waals surface area contributed by atoms with Gasteiger partial charge in [-0.25, -0.2) is 0 Å². The van der Waals surface area contributed by atoms with E-state index in [1.165, 1.54) is 60.0 Å². The van der Waals surface area contributed by atoms with E-state index in [0.717, 1.165) is 17.6 Å². The maximum Gasteiger partial charge on any atom is -0.00466 e. The Morgan fingerprint density at radius 1 is 1.03 bits per heavy atom. The fourth-order valence-electron chi connectivity index (χ4n) is 4.13. The second-order valence-electron chi connectivity index (χ2n) is 8.38. The van der Waals surface area contributed by atoms with E-state index in [1.54, 1.807) is 11.6 Å². The van der Waals surface area contributed by atoms with Crippen molar-refractivity contribution in [2.24, 2.45) is 0 Å². The summed E-state index contributed by atoms with van der Waals surface area (Å²) in [6, 6.07) is 9.03. The van der Waals surface area contributed by atoms with Crippen LogP contribution >= 0.6 is 0 Å². The van der Waals surface area contributed by atoms with E-state index in [0.29, 0.717) is 0 Å². The SMILES string of the molecule is C.C.C#C/C=C(\C=C/C)C(=C)C.C/C=C\C1=C(C)CCc2ccccc2C1=C(CCC)CCC. The minimum atomic E-state index is 0. The first-order valence-electron chi connectivity index (χ1n) is 12.0. The summed E-state index contributed by atoms with van der Waals surface area (Å²) in [4.78, 5) is 0. The van der Waals surface area contributed by atoms with Gasteiger partial charge in [0, 0.05) is 0 Å². The maximum atomic E-state index is 5.10. The maximum absolute atomic E-state index is 5.10. The van der Waals surface area contributed by atoms with E-state index < -0.39 is 0 Å². The number of terminal acetylenes is 1. The lowest BCUT2D eigenvalue weighted by Gasteiger charge is -2.18. The van der Waals surface area contributed by atoms with Crippen molar-refractivity contribution in [3.63, 3.8) is 0 Å². The van der Waals surface area contributed by atoms with Crippen LogP contribution in [-0.4, -0.2) is 0 Å². The fourth-order valence-corrected chi connectivity index (χ4v) is 4.13. The van der Waals surface area contributed by atoms with Gasteiger partial charge in [0.2, 0.25) is 0 Å². The predicted molar refractivity (Wildman–Crippen MR) is 159 cm³/mol. The molecule has 0 unspecified atom stereocenters. The number of rotatable bonds is 7. The Balaban J connectivity index is 0. The molecule has 0 N–H and O–H groups in total. The lowest BCUT2D eigenvalue weighted by Crippen LogP contribution is -1.98. The third-order valence-electron chi connectivity index (χ3n) is 5.65. The first kappa shape index (κ1) is 33.4. The molecule has 34 heavy (non-hydrogen) atoms. The molecule has 0 saturated heterocycles. The zero-order chi connectivity index (χ0) is 23.9. The van der Waals surface area contributed by atoms with E-state index in [9.17, 15) is 0 Å². The first-order valence-corrected chi connectivity index (χ1v) is 12.0. The number of hydrogen-bond donors (Lipinski definition) is 0. The van der Waals surface area contributed by atoms with E-state index in [2.05, 4.69) is 76.6 Å². The lowest BCUT2D eigenvalue weighted by molar-refractivity contribution is 0.806. The normalized spacial score (nSPS) is 13.2. The van der Waals surface area contributed by atoms with Crippen LogP contribution in [0.15, 0.2) is 89.1 Å². The molecule has 0 aliphatic heterocycles. The number of hydrogen-bond acceptors (Lipinski definition) is 0. The zero-order valence-corrected chi connectivity index (χ0v) is 21.2.